The molecule has 122 valence electrons. The highest BCUT2D eigenvalue weighted by Crippen LogP contribution is 2.25. The number of nitrogens with two attached hydrogens (primary N) is 1. The third kappa shape index (κ3) is 4.97. The third-order valence-electron chi connectivity index (χ3n) is 3.81. The minimum atomic E-state index is 0.117. The van der Waals surface area contributed by atoms with Crippen molar-refractivity contribution < 1.29 is 0 Å². The number of hydrogen-bond donors (Lipinski definition) is 1. The van der Waals surface area contributed by atoms with Crippen molar-refractivity contribution in [3.63, 3.8) is 0 Å². The number of halogens is 1. The summed E-state index contributed by atoms with van der Waals surface area (Å²) in [4.78, 5) is 2.45. The van der Waals surface area contributed by atoms with E-state index in [9.17, 15) is 0 Å². The summed E-state index contributed by atoms with van der Waals surface area (Å²) >= 11 is 6.52. The van der Waals surface area contributed by atoms with Gasteiger partial charge in [-0.3, -0.25) is 9.58 Å². The van der Waals surface area contributed by atoms with Gasteiger partial charge in [-0.25, -0.2) is 0 Å². The molecule has 4 nitrogen and oxygen atoms in total. The summed E-state index contributed by atoms with van der Waals surface area (Å²) in [5.74, 6) is 0. The second-order valence-electron chi connectivity index (χ2n) is 6.46. The van der Waals surface area contributed by atoms with Crippen molar-refractivity contribution in [1.82, 2.24) is 14.7 Å². The first kappa shape index (κ1) is 18.5. The zero-order valence-corrected chi connectivity index (χ0v) is 15.0. The Labute approximate surface area is 134 Å². The molecule has 0 saturated carbocycles. The maximum atomic E-state index is 6.52. The van der Waals surface area contributed by atoms with Crippen LogP contribution in [-0.4, -0.2) is 34.3 Å². The SMILES string of the molecule is CCCN(Cc1c(Cl)c(CC)nn1CC)CC(C)(C)CN. The Balaban J connectivity index is 2.95. The van der Waals surface area contributed by atoms with Crippen molar-refractivity contribution in [2.45, 2.75) is 60.5 Å². The highest BCUT2D eigenvalue weighted by atomic mass is 35.5. The Bertz CT molecular complexity index is 440. The van der Waals surface area contributed by atoms with Crippen molar-refractivity contribution in [2.75, 3.05) is 19.6 Å². The molecule has 2 N–H and O–H groups in total. The predicted octanol–water partition coefficient (Wildman–Crippen LogP) is 3.32. The van der Waals surface area contributed by atoms with Gasteiger partial charge in [0.2, 0.25) is 0 Å². The summed E-state index contributed by atoms with van der Waals surface area (Å²) in [7, 11) is 0. The van der Waals surface area contributed by atoms with Gasteiger partial charge in [-0.2, -0.15) is 5.10 Å². The summed E-state index contributed by atoms with van der Waals surface area (Å²) < 4.78 is 2.04. The lowest BCUT2D eigenvalue weighted by atomic mass is 9.93. The topological polar surface area (TPSA) is 47.1 Å². The van der Waals surface area contributed by atoms with Crippen LogP contribution in [0, 0.1) is 5.41 Å². The highest BCUT2D eigenvalue weighted by Gasteiger charge is 2.23. The molecule has 1 aromatic rings. The molecule has 1 aromatic heterocycles. The quantitative estimate of drug-likeness (QED) is 0.760. The van der Waals surface area contributed by atoms with Crippen LogP contribution in [0.3, 0.4) is 0 Å². The molecular weight excluding hydrogens is 284 g/mol. The molecule has 0 unspecified atom stereocenters. The summed E-state index contributed by atoms with van der Waals surface area (Å²) in [6.45, 7) is 15.3. The fraction of sp³-hybridized carbons (Fsp3) is 0.812. The van der Waals surface area contributed by atoms with Crippen LogP contribution in [0.4, 0.5) is 0 Å². The number of aryl methyl sites for hydroxylation is 2. The van der Waals surface area contributed by atoms with E-state index in [1.807, 2.05) is 4.68 Å². The number of rotatable bonds is 9. The normalized spacial score (nSPS) is 12.4. The number of nitrogens with zero attached hydrogens (tertiary/aromatic N) is 3. The average molecular weight is 315 g/mol. The van der Waals surface area contributed by atoms with E-state index < -0.39 is 0 Å². The smallest absolute Gasteiger partial charge is 0.0863 e. The lowest BCUT2D eigenvalue weighted by Crippen LogP contribution is -2.39. The third-order valence-corrected chi connectivity index (χ3v) is 4.25. The molecule has 0 aliphatic carbocycles. The second-order valence-corrected chi connectivity index (χ2v) is 6.83. The molecule has 5 heteroatoms. The van der Waals surface area contributed by atoms with Gasteiger partial charge in [0.25, 0.3) is 0 Å². The van der Waals surface area contributed by atoms with E-state index in [2.05, 4.69) is 44.6 Å². The van der Waals surface area contributed by atoms with Gasteiger partial charge in [0.15, 0.2) is 0 Å². The van der Waals surface area contributed by atoms with E-state index in [0.29, 0.717) is 6.54 Å². The van der Waals surface area contributed by atoms with Gasteiger partial charge in [0, 0.05) is 19.6 Å². The molecule has 0 saturated heterocycles. The maximum absolute atomic E-state index is 6.52. The average Bonchev–Trinajstić information content (AvgIpc) is 2.75. The van der Waals surface area contributed by atoms with Crippen LogP contribution in [-0.2, 0) is 19.5 Å². The minimum absolute atomic E-state index is 0.117. The molecule has 0 aromatic carbocycles. The summed E-state index contributed by atoms with van der Waals surface area (Å²) in [6.07, 6.45) is 2.00. The Morgan fingerprint density at radius 2 is 1.95 bits per heavy atom. The Hall–Kier alpha value is -0.580. The molecule has 0 spiro atoms. The Morgan fingerprint density at radius 3 is 2.43 bits per heavy atom. The second kappa shape index (κ2) is 8.16. The van der Waals surface area contributed by atoms with Crippen molar-refractivity contribution in [3.05, 3.63) is 16.4 Å². The molecule has 0 amide bonds. The molecule has 0 fully saturated rings. The lowest BCUT2D eigenvalue weighted by Gasteiger charge is -2.31. The Morgan fingerprint density at radius 1 is 1.29 bits per heavy atom. The number of aromatic nitrogens is 2. The first-order valence-corrected chi connectivity index (χ1v) is 8.42. The Kier molecular flexibility index (Phi) is 7.17. The first-order chi connectivity index (χ1) is 9.88. The van der Waals surface area contributed by atoms with Crippen LogP contribution in [0.2, 0.25) is 5.02 Å². The van der Waals surface area contributed by atoms with E-state index in [0.717, 1.165) is 55.4 Å². The molecule has 0 aliphatic heterocycles. The molecule has 1 rings (SSSR count). The summed E-state index contributed by atoms with van der Waals surface area (Å²) in [6, 6.07) is 0. The van der Waals surface area contributed by atoms with E-state index in [1.165, 1.54) is 0 Å². The van der Waals surface area contributed by atoms with Crippen LogP contribution in [0.1, 0.15) is 52.4 Å². The summed E-state index contributed by atoms with van der Waals surface area (Å²) in [5, 5.41) is 5.45. The van der Waals surface area contributed by atoms with Crippen molar-refractivity contribution >= 4 is 11.6 Å². The molecule has 21 heavy (non-hydrogen) atoms. The standard InChI is InChI=1S/C16H31ClN4/c1-6-9-20(12-16(4,5)11-18)10-14-15(17)13(7-2)19-21(14)8-3/h6-12,18H2,1-5H3. The van der Waals surface area contributed by atoms with Crippen LogP contribution in [0.15, 0.2) is 0 Å². The van der Waals surface area contributed by atoms with Crippen molar-refractivity contribution in [3.8, 4) is 0 Å². The molecule has 0 bridgehead atoms. The molecule has 0 atom stereocenters. The molecule has 1 heterocycles. The van der Waals surface area contributed by atoms with Gasteiger partial charge in [0.1, 0.15) is 0 Å². The fourth-order valence-corrected chi connectivity index (χ4v) is 2.91. The predicted molar refractivity (Wildman–Crippen MR) is 90.7 cm³/mol. The summed E-state index contributed by atoms with van der Waals surface area (Å²) in [5.41, 5.74) is 8.14. The molecule has 0 radical (unpaired) electrons. The van der Waals surface area contributed by atoms with Gasteiger partial charge in [0.05, 0.1) is 16.4 Å². The van der Waals surface area contributed by atoms with Gasteiger partial charge in [-0.05, 0) is 38.3 Å². The minimum Gasteiger partial charge on any atom is -0.330 e. The van der Waals surface area contributed by atoms with E-state index in [-0.39, 0.29) is 5.41 Å². The van der Waals surface area contributed by atoms with E-state index >= 15 is 0 Å². The van der Waals surface area contributed by atoms with Crippen molar-refractivity contribution in [2.24, 2.45) is 11.1 Å². The van der Waals surface area contributed by atoms with Crippen LogP contribution < -0.4 is 5.73 Å². The monoisotopic (exact) mass is 314 g/mol. The largest absolute Gasteiger partial charge is 0.330 e. The zero-order chi connectivity index (χ0) is 16.0. The van der Waals surface area contributed by atoms with Crippen LogP contribution >= 0.6 is 11.6 Å². The highest BCUT2D eigenvalue weighted by molar-refractivity contribution is 6.31. The van der Waals surface area contributed by atoms with E-state index in [1.54, 1.807) is 0 Å². The van der Waals surface area contributed by atoms with Gasteiger partial charge < -0.3 is 5.73 Å². The van der Waals surface area contributed by atoms with Crippen molar-refractivity contribution in [1.29, 1.82) is 0 Å². The van der Waals surface area contributed by atoms with Gasteiger partial charge in [-0.1, -0.05) is 39.3 Å². The lowest BCUT2D eigenvalue weighted by molar-refractivity contribution is 0.172. The molecular formula is C16H31ClN4. The first-order valence-electron chi connectivity index (χ1n) is 8.04. The maximum Gasteiger partial charge on any atom is 0.0863 e. The van der Waals surface area contributed by atoms with Crippen LogP contribution in [0.25, 0.3) is 0 Å². The van der Waals surface area contributed by atoms with Crippen LogP contribution in [0.5, 0.6) is 0 Å². The van der Waals surface area contributed by atoms with Gasteiger partial charge in [-0.15, -0.1) is 0 Å². The van der Waals surface area contributed by atoms with E-state index in [4.69, 9.17) is 17.3 Å². The fourth-order valence-electron chi connectivity index (χ4n) is 2.58. The number of hydrogen-bond acceptors (Lipinski definition) is 3. The molecule has 0 aliphatic rings. The zero-order valence-electron chi connectivity index (χ0n) is 14.2. The van der Waals surface area contributed by atoms with Gasteiger partial charge >= 0.3 is 0 Å².